The maximum Gasteiger partial charge on any atom is 0.352 e. The molecule has 3 aromatic carbocycles. The molecule has 0 unspecified atom stereocenters. The van der Waals surface area contributed by atoms with Gasteiger partial charge in [0.05, 0.1) is 12.0 Å². The molecule has 9 heteroatoms. The number of aromatic amines is 1. The Labute approximate surface area is 202 Å². The molecule has 0 saturated heterocycles. The Morgan fingerprint density at radius 1 is 1.06 bits per heavy atom. The number of hydrogen-bond donors (Lipinski definition) is 3. The van der Waals surface area contributed by atoms with Crippen molar-refractivity contribution < 1.29 is 27.4 Å². The average molecular weight is 497 g/mol. The van der Waals surface area contributed by atoms with E-state index in [9.17, 15) is 18.3 Å². The van der Waals surface area contributed by atoms with Crippen molar-refractivity contribution in [3.63, 3.8) is 0 Å². The summed E-state index contributed by atoms with van der Waals surface area (Å²) in [6.45, 7) is 6.11. The molecule has 4 rings (SSSR count). The quantitative estimate of drug-likeness (QED) is 0.314. The van der Waals surface area contributed by atoms with Gasteiger partial charge in [0.2, 0.25) is 0 Å². The molecule has 0 bridgehead atoms. The zero-order chi connectivity index (χ0) is 25.5. The molecule has 3 N–H and O–H groups in total. The molecular formula is C26H25FN2O5S. The Morgan fingerprint density at radius 3 is 2.34 bits per heavy atom. The first kappa shape index (κ1) is 24.3. The molecule has 0 fully saturated rings. The number of nitrogens with one attached hydrogen (secondary N) is 2. The monoisotopic (exact) mass is 496 g/mol. The number of fused-ring (bicyclic) bond motifs is 1. The van der Waals surface area contributed by atoms with Crippen LogP contribution in [0.4, 0.5) is 10.1 Å². The molecule has 0 spiro atoms. The molecule has 1 aromatic heterocycles. The molecule has 4 aromatic rings. The van der Waals surface area contributed by atoms with Crippen molar-refractivity contribution in [3.8, 4) is 16.9 Å². The van der Waals surface area contributed by atoms with Gasteiger partial charge in [-0.05, 0) is 47.4 Å². The van der Waals surface area contributed by atoms with Crippen LogP contribution in [0.2, 0.25) is 0 Å². The molecule has 0 aliphatic rings. The van der Waals surface area contributed by atoms with Crippen LogP contribution in [-0.4, -0.2) is 31.6 Å². The lowest BCUT2D eigenvalue weighted by atomic mass is 9.87. The van der Waals surface area contributed by atoms with Crippen molar-refractivity contribution in [1.82, 2.24) is 4.98 Å². The van der Waals surface area contributed by atoms with Gasteiger partial charge in [0.1, 0.15) is 5.69 Å². The number of carbonyl (C=O) groups is 1. The van der Waals surface area contributed by atoms with Crippen molar-refractivity contribution >= 4 is 32.6 Å². The number of aromatic carboxylic acids is 1. The van der Waals surface area contributed by atoms with Crippen LogP contribution in [0.25, 0.3) is 22.0 Å². The summed E-state index contributed by atoms with van der Waals surface area (Å²) in [6.07, 6.45) is 0. The number of benzene rings is 3. The van der Waals surface area contributed by atoms with Crippen molar-refractivity contribution in [3.05, 3.63) is 77.7 Å². The molecule has 35 heavy (non-hydrogen) atoms. The molecule has 0 atom stereocenters. The van der Waals surface area contributed by atoms with Crippen molar-refractivity contribution in [2.75, 3.05) is 11.8 Å². The third-order valence-corrected chi connectivity index (χ3v) is 7.15. The Hall–Kier alpha value is -3.85. The number of ether oxygens (including phenoxy) is 1. The van der Waals surface area contributed by atoms with Gasteiger partial charge in [-0.2, -0.15) is 0 Å². The molecule has 0 aliphatic carbocycles. The highest BCUT2D eigenvalue weighted by molar-refractivity contribution is 7.92. The van der Waals surface area contributed by atoms with Crippen LogP contribution in [0, 0.1) is 5.82 Å². The Balaban J connectivity index is 1.80. The summed E-state index contributed by atoms with van der Waals surface area (Å²) in [5.41, 5.74) is 1.39. The number of hydrogen-bond acceptors (Lipinski definition) is 4. The van der Waals surface area contributed by atoms with Crippen LogP contribution in [0.15, 0.2) is 65.6 Å². The number of halogens is 1. The SMILES string of the molecule is COc1cccc(-c2c(C(=O)O)[nH]c3ccc(NS(=O)(=O)c4ccc(C(C)(C)C)cc4)cc23)c1F. The van der Waals surface area contributed by atoms with E-state index < -0.39 is 21.8 Å². The fourth-order valence-corrected chi connectivity index (χ4v) is 4.95. The summed E-state index contributed by atoms with van der Waals surface area (Å²) in [7, 11) is -2.60. The van der Waals surface area contributed by atoms with Gasteiger partial charge in [-0.1, -0.05) is 45.0 Å². The predicted octanol–water partition coefficient (Wildman–Crippen LogP) is 5.78. The number of rotatable bonds is 6. The number of H-pyrrole nitrogens is 1. The van der Waals surface area contributed by atoms with Crippen molar-refractivity contribution in [1.29, 1.82) is 0 Å². The van der Waals surface area contributed by atoms with Crippen LogP contribution in [-0.2, 0) is 15.4 Å². The van der Waals surface area contributed by atoms with E-state index in [0.29, 0.717) is 10.9 Å². The maximum absolute atomic E-state index is 15.1. The van der Waals surface area contributed by atoms with E-state index in [0.717, 1.165) is 5.56 Å². The van der Waals surface area contributed by atoms with Gasteiger partial charge in [-0.3, -0.25) is 4.72 Å². The minimum atomic E-state index is -3.92. The summed E-state index contributed by atoms with van der Waals surface area (Å²) in [4.78, 5) is 14.8. The second kappa shape index (κ2) is 8.74. The predicted molar refractivity (Wildman–Crippen MR) is 133 cm³/mol. The second-order valence-corrected chi connectivity index (χ2v) is 10.8. The largest absolute Gasteiger partial charge is 0.494 e. The lowest BCUT2D eigenvalue weighted by molar-refractivity contribution is 0.0692. The lowest BCUT2D eigenvalue weighted by Gasteiger charge is -2.19. The van der Waals surface area contributed by atoms with Gasteiger partial charge in [0, 0.05) is 27.7 Å². The summed E-state index contributed by atoms with van der Waals surface area (Å²) >= 11 is 0. The van der Waals surface area contributed by atoms with Gasteiger partial charge < -0.3 is 14.8 Å². The number of aromatic nitrogens is 1. The molecule has 0 radical (unpaired) electrons. The van der Waals surface area contributed by atoms with E-state index >= 15 is 4.39 Å². The minimum absolute atomic E-state index is 0.0192. The van der Waals surface area contributed by atoms with Crippen molar-refractivity contribution in [2.24, 2.45) is 0 Å². The van der Waals surface area contributed by atoms with Crippen LogP contribution in [0.3, 0.4) is 0 Å². The number of sulfonamides is 1. The molecule has 0 amide bonds. The standard InChI is InChI=1S/C26H25FN2O5S/c1-26(2,3)15-8-11-17(12-9-15)35(32,33)29-16-10-13-20-19(14-16)22(24(28-20)25(30)31)18-6-5-7-21(34-4)23(18)27/h5-14,28-29H,1-4H3,(H,30,31). The number of methoxy groups -OCH3 is 1. The molecule has 0 saturated carbocycles. The van der Waals surface area contributed by atoms with Crippen molar-refractivity contribution in [2.45, 2.75) is 31.1 Å². The third kappa shape index (κ3) is 4.59. The van der Waals surface area contributed by atoms with Gasteiger partial charge in [-0.25, -0.2) is 17.6 Å². The maximum atomic E-state index is 15.1. The Morgan fingerprint density at radius 2 is 1.74 bits per heavy atom. The fourth-order valence-electron chi connectivity index (χ4n) is 3.91. The normalized spacial score (nSPS) is 12.0. The zero-order valence-electron chi connectivity index (χ0n) is 19.6. The van der Waals surface area contributed by atoms with Crippen LogP contribution < -0.4 is 9.46 Å². The first-order valence-electron chi connectivity index (χ1n) is 10.8. The summed E-state index contributed by atoms with van der Waals surface area (Å²) in [6, 6.07) is 15.6. The van der Waals surface area contributed by atoms with E-state index in [2.05, 4.69) is 9.71 Å². The Kier molecular flexibility index (Phi) is 6.06. The number of carboxylic acid groups (broad SMARTS) is 1. The highest BCUT2D eigenvalue weighted by atomic mass is 32.2. The minimum Gasteiger partial charge on any atom is -0.494 e. The first-order valence-corrected chi connectivity index (χ1v) is 12.3. The number of carboxylic acids is 1. The highest BCUT2D eigenvalue weighted by Crippen LogP contribution is 2.38. The Bertz CT molecular complexity index is 1530. The van der Waals surface area contributed by atoms with Gasteiger partial charge in [-0.15, -0.1) is 0 Å². The van der Waals surface area contributed by atoms with E-state index in [4.69, 9.17) is 4.74 Å². The summed E-state index contributed by atoms with van der Waals surface area (Å²) in [5.74, 6) is -2.04. The van der Waals surface area contributed by atoms with Crippen LogP contribution in [0.1, 0.15) is 36.8 Å². The van der Waals surface area contributed by atoms with Gasteiger partial charge >= 0.3 is 5.97 Å². The van der Waals surface area contributed by atoms with Gasteiger partial charge in [0.25, 0.3) is 10.0 Å². The van der Waals surface area contributed by atoms with E-state index in [1.165, 1.54) is 43.5 Å². The average Bonchev–Trinajstić information content (AvgIpc) is 3.17. The third-order valence-electron chi connectivity index (χ3n) is 5.75. The van der Waals surface area contributed by atoms with E-state index in [1.807, 2.05) is 20.8 Å². The highest BCUT2D eigenvalue weighted by Gasteiger charge is 2.24. The fraction of sp³-hybridized carbons (Fsp3) is 0.192. The molecule has 0 aliphatic heterocycles. The van der Waals surface area contributed by atoms with E-state index in [1.54, 1.807) is 24.3 Å². The summed E-state index contributed by atoms with van der Waals surface area (Å²) in [5, 5.41) is 10.1. The second-order valence-electron chi connectivity index (χ2n) is 9.14. The zero-order valence-corrected chi connectivity index (χ0v) is 20.5. The van der Waals surface area contributed by atoms with Crippen LogP contribution >= 0.6 is 0 Å². The van der Waals surface area contributed by atoms with Crippen LogP contribution in [0.5, 0.6) is 5.75 Å². The topological polar surface area (TPSA) is 108 Å². The first-order chi connectivity index (χ1) is 16.4. The smallest absolute Gasteiger partial charge is 0.352 e. The summed E-state index contributed by atoms with van der Waals surface area (Å²) < 4.78 is 48.7. The number of anilines is 1. The van der Waals surface area contributed by atoms with Gasteiger partial charge in [0.15, 0.2) is 11.6 Å². The molecule has 182 valence electrons. The molecular weight excluding hydrogens is 471 g/mol. The van der Waals surface area contributed by atoms with E-state index in [-0.39, 0.29) is 38.6 Å². The molecule has 1 heterocycles. The lowest BCUT2D eigenvalue weighted by Crippen LogP contribution is -2.14. The molecule has 7 nitrogen and oxygen atoms in total.